The molecule has 20 heavy (non-hydrogen) atoms. The highest BCUT2D eigenvalue weighted by molar-refractivity contribution is 7.89. The van der Waals surface area contributed by atoms with Crippen molar-refractivity contribution >= 4 is 26.7 Å². The van der Waals surface area contributed by atoms with Crippen LogP contribution in [-0.2, 0) is 20.8 Å². The molecule has 112 valence electrons. The monoisotopic (exact) mass is 318 g/mol. The molecular weight excluding hydrogens is 300 g/mol. The van der Waals surface area contributed by atoms with Crippen molar-refractivity contribution in [1.29, 1.82) is 0 Å². The summed E-state index contributed by atoms with van der Waals surface area (Å²) in [7, 11) is -4.89. The zero-order chi connectivity index (χ0) is 15.5. The van der Waals surface area contributed by atoms with Crippen molar-refractivity contribution in [3.63, 3.8) is 0 Å². The lowest BCUT2D eigenvalue weighted by Gasteiger charge is -2.11. The van der Waals surface area contributed by atoms with Gasteiger partial charge in [0.25, 0.3) is 5.91 Å². The Kier molecular flexibility index (Phi) is 5.43. The zero-order valence-electron chi connectivity index (χ0n) is 11.5. The third kappa shape index (κ3) is 4.69. The van der Waals surface area contributed by atoms with E-state index in [2.05, 4.69) is 5.32 Å². The number of primary sulfonamides is 1. The fraction of sp³-hybridized carbons (Fsp3) is 0.417. The first kappa shape index (κ1) is 16.8. The average molecular weight is 318 g/mol. The van der Waals surface area contributed by atoms with E-state index in [0.717, 1.165) is 0 Å². The molecule has 0 aliphatic rings. The molecule has 6 nitrogen and oxygen atoms in total. The number of sulfonamides is 1. The minimum absolute atomic E-state index is 0.102. The highest BCUT2D eigenvalue weighted by Crippen LogP contribution is 2.13. The van der Waals surface area contributed by atoms with Crippen LogP contribution in [0.5, 0.6) is 0 Å². The average Bonchev–Trinajstić information content (AvgIpc) is 2.33. The van der Waals surface area contributed by atoms with Crippen LogP contribution in [0.3, 0.4) is 0 Å². The van der Waals surface area contributed by atoms with Gasteiger partial charge < -0.3 is 5.32 Å². The molecule has 1 amide bonds. The van der Waals surface area contributed by atoms with Crippen molar-refractivity contribution in [2.75, 3.05) is 12.8 Å². The summed E-state index contributed by atoms with van der Waals surface area (Å²) in [6.45, 7) is 3.68. The molecule has 8 heteroatoms. The molecule has 0 saturated heterocycles. The van der Waals surface area contributed by atoms with Gasteiger partial charge in [0.2, 0.25) is 10.0 Å². The number of carbonyl (C=O) groups is 1. The number of rotatable bonds is 5. The molecule has 2 atom stereocenters. The van der Waals surface area contributed by atoms with Gasteiger partial charge >= 0.3 is 0 Å². The van der Waals surface area contributed by atoms with E-state index >= 15 is 0 Å². The Bertz CT molecular complexity index is 641. The van der Waals surface area contributed by atoms with Gasteiger partial charge in [-0.25, -0.2) is 13.6 Å². The molecule has 1 aromatic rings. The van der Waals surface area contributed by atoms with E-state index in [0.29, 0.717) is 5.56 Å². The fourth-order valence-electron chi connectivity index (χ4n) is 1.50. The maximum absolute atomic E-state index is 12.0. The second-order valence-corrected chi connectivity index (χ2v) is 7.96. The summed E-state index contributed by atoms with van der Waals surface area (Å²) in [5.74, 6) is -0.420. The van der Waals surface area contributed by atoms with Gasteiger partial charge in [-0.1, -0.05) is 0 Å². The third-order valence-corrected chi connectivity index (χ3v) is 4.95. The first-order chi connectivity index (χ1) is 9.11. The van der Waals surface area contributed by atoms with E-state index < -0.39 is 26.7 Å². The maximum Gasteiger partial charge on any atom is 0.251 e. The normalized spacial score (nSPS) is 14.6. The highest BCUT2D eigenvalue weighted by atomic mass is 32.2. The molecule has 0 aliphatic carbocycles. The van der Waals surface area contributed by atoms with Gasteiger partial charge in [0.05, 0.1) is 4.90 Å². The van der Waals surface area contributed by atoms with E-state index in [-0.39, 0.29) is 22.3 Å². The number of aryl methyl sites for hydroxylation is 1. The first-order valence-electron chi connectivity index (χ1n) is 5.86. The quantitative estimate of drug-likeness (QED) is 0.805. The van der Waals surface area contributed by atoms with Crippen molar-refractivity contribution in [3.05, 3.63) is 29.3 Å². The van der Waals surface area contributed by atoms with E-state index in [4.69, 9.17) is 5.14 Å². The van der Waals surface area contributed by atoms with E-state index in [1.54, 1.807) is 26.2 Å². The van der Waals surface area contributed by atoms with Crippen LogP contribution < -0.4 is 10.5 Å². The molecule has 1 rings (SSSR count). The lowest BCUT2D eigenvalue weighted by Crippen LogP contribution is -2.32. The summed E-state index contributed by atoms with van der Waals surface area (Å²) in [6, 6.07) is 4.19. The third-order valence-electron chi connectivity index (χ3n) is 2.76. The number of carbonyl (C=O) groups excluding carboxylic acids is 1. The van der Waals surface area contributed by atoms with E-state index in [1.165, 1.54) is 12.1 Å². The Balaban J connectivity index is 2.94. The van der Waals surface area contributed by atoms with Crippen molar-refractivity contribution in [1.82, 2.24) is 5.32 Å². The first-order valence-corrected chi connectivity index (χ1v) is 9.03. The number of hydrogen-bond donors (Lipinski definition) is 2. The summed E-state index contributed by atoms with van der Waals surface area (Å²) < 4.78 is 33.8. The van der Waals surface area contributed by atoms with Gasteiger partial charge in [0.15, 0.2) is 0 Å². The van der Waals surface area contributed by atoms with Crippen LogP contribution >= 0.6 is 0 Å². The lowest BCUT2D eigenvalue weighted by molar-refractivity contribution is 0.0954. The standard InChI is InChI=1S/C12H18N2O4S2/c1-8-4-10(6-11(5-8)20(13,17)18)12(15)14-7-9(2)19(3)16/h4-6,9H,7H2,1-3H3,(H,14,15)(H2,13,17,18). The van der Waals surface area contributed by atoms with Crippen molar-refractivity contribution in [2.24, 2.45) is 5.14 Å². The molecule has 0 heterocycles. The maximum atomic E-state index is 12.0. The molecule has 0 radical (unpaired) electrons. The Morgan fingerprint density at radius 2 is 2.00 bits per heavy atom. The molecule has 0 fully saturated rings. The van der Waals surface area contributed by atoms with E-state index in [1.807, 2.05) is 0 Å². The summed E-state index contributed by atoms with van der Waals surface area (Å²) >= 11 is 0. The summed E-state index contributed by atoms with van der Waals surface area (Å²) in [5, 5.41) is 7.50. The smallest absolute Gasteiger partial charge is 0.251 e. The molecule has 1 aromatic carbocycles. The van der Waals surface area contributed by atoms with Crippen molar-refractivity contribution < 1.29 is 17.4 Å². The predicted molar refractivity (Wildman–Crippen MR) is 78.4 cm³/mol. The van der Waals surface area contributed by atoms with Gasteiger partial charge in [-0.3, -0.25) is 9.00 Å². The van der Waals surface area contributed by atoms with E-state index in [9.17, 15) is 17.4 Å². The number of nitrogens with one attached hydrogen (secondary N) is 1. The van der Waals surface area contributed by atoms with Crippen LogP contribution in [0.1, 0.15) is 22.8 Å². The lowest BCUT2D eigenvalue weighted by atomic mass is 10.1. The molecule has 0 aromatic heterocycles. The summed E-state index contributed by atoms with van der Waals surface area (Å²) in [6.07, 6.45) is 1.56. The van der Waals surface area contributed by atoms with Gasteiger partial charge in [-0.2, -0.15) is 0 Å². The topological polar surface area (TPSA) is 106 Å². The largest absolute Gasteiger partial charge is 0.351 e. The minimum Gasteiger partial charge on any atom is -0.351 e. The van der Waals surface area contributed by atoms with Crippen LogP contribution in [0.25, 0.3) is 0 Å². The van der Waals surface area contributed by atoms with Crippen LogP contribution in [-0.4, -0.2) is 36.6 Å². The van der Waals surface area contributed by atoms with Gasteiger partial charge in [0, 0.05) is 34.4 Å². The predicted octanol–water partition coefficient (Wildman–Crippen LogP) is 0.139. The molecular formula is C12H18N2O4S2. The number of hydrogen-bond acceptors (Lipinski definition) is 4. The van der Waals surface area contributed by atoms with Gasteiger partial charge in [-0.15, -0.1) is 0 Å². The highest BCUT2D eigenvalue weighted by Gasteiger charge is 2.14. The SMILES string of the molecule is Cc1cc(C(=O)NCC(C)S(C)=O)cc(S(N)(=O)=O)c1. The van der Waals surface area contributed by atoms with Crippen LogP contribution in [0, 0.1) is 6.92 Å². The number of benzene rings is 1. The van der Waals surface area contributed by atoms with Crippen molar-refractivity contribution in [2.45, 2.75) is 24.0 Å². The Morgan fingerprint density at radius 3 is 2.50 bits per heavy atom. The second kappa shape index (κ2) is 6.47. The second-order valence-electron chi connectivity index (χ2n) is 4.60. The molecule has 0 bridgehead atoms. The van der Waals surface area contributed by atoms with Crippen molar-refractivity contribution in [3.8, 4) is 0 Å². The van der Waals surface area contributed by atoms with Gasteiger partial charge in [0.1, 0.15) is 0 Å². The molecule has 0 saturated carbocycles. The number of amides is 1. The Labute approximate surface area is 121 Å². The number of nitrogens with two attached hydrogens (primary N) is 1. The molecule has 3 N–H and O–H groups in total. The van der Waals surface area contributed by atoms with Crippen LogP contribution in [0.2, 0.25) is 0 Å². The molecule has 0 aliphatic heterocycles. The summed E-state index contributed by atoms with van der Waals surface area (Å²) in [4.78, 5) is 11.9. The van der Waals surface area contributed by atoms with Gasteiger partial charge in [-0.05, 0) is 37.6 Å². The molecule has 2 unspecified atom stereocenters. The molecule has 0 spiro atoms. The summed E-state index contributed by atoms with van der Waals surface area (Å²) in [5.41, 5.74) is 0.830. The fourth-order valence-corrected chi connectivity index (χ4v) is 2.46. The van der Waals surface area contributed by atoms with Crippen LogP contribution in [0.15, 0.2) is 23.1 Å². The Morgan fingerprint density at radius 1 is 1.40 bits per heavy atom. The zero-order valence-corrected chi connectivity index (χ0v) is 13.2. The van der Waals surface area contributed by atoms with Crippen LogP contribution in [0.4, 0.5) is 0 Å². The minimum atomic E-state index is -3.85. The Hall–Kier alpha value is -1.25.